The molecule has 158 valence electrons. The third-order valence-electron chi connectivity index (χ3n) is 5.29. The summed E-state index contributed by atoms with van der Waals surface area (Å²) in [5, 5.41) is 10.4. The number of aromatic hydroxyl groups is 1. The second-order valence-corrected chi connectivity index (χ2v) is 7.76. The summed E-state index contributed by atoms with van der Waals surface area (Å²) in [6.07, 6.45) is 0.349. The van der Waals surface area contributed by atoms with Gasteiger partial charge in [-0.05, 0) is 63.1 Å². The Morgan fingerprint density at radius 1 is 1.23 bits per heavy atom. The zero-order chi connectivity index (χ0) is 22.2. The minimum Gasteiger partial charge on any atom is -0.505 e. The maximum atomic E-state index is 15.0. The number of benzene rings is 2. The third-order valence-corrected chi connectivity index (χ3v) is 5.52. The highest BCUT2D eigenvalue weighted by Gasteiger charge is 2.30. The van der Waals surface area contributed by atoms with Gasteiger partial charge in [-0.1, -0.05) is 24.6 Å². The lowest BCUT2D eigenvalue weighted by Crippen LogP contribution is -2.20. The van der Waals surface area contributed by atoms with Crippen LogP contribution in [0.4, 0.5) is 4.39 Å². The van der Waals surface area contributed by atoms with Crippen LogP contribution in [0.15, 0.2) is 36.4 Å². The topological polar surface area (TPSA) is 68.5 Å². The molecule has 0 radical (unpaired) electrons. The van der Waals surface area contributed by atoms with Crippen molar-refractivity contribution in [2.45, 2.75) is 46.1 Å². The van der Waals surface area contributed by atoms with E-state index in [0.29, 0.717) is 28.3 Å². The van der Waals surface area contributed by atoms with Crippen molar-refractivity contribution in [3.8, 4) is 5.75 Å². The molecule has 3 rings (SSSR count). The van der Waals surface area contributed by atoms with Crippen LogP contribution in [0.1, 0.15) is 54.7 Å². The van der Waals surface area contributed by atoms with Gasteiger partial charge in [0.25, 0.3) is 5.91 Å². The maximum Gasteiger partial charge on any atom is 0.313 e. The second-order valence-electron chi connectivity index (χ2n) is 7.32. The number of esters is 1. The van der Waals surface area contributed by atoms with Gasteiger partial charge in [0.2, 0.25) is 0 Å². The number of nitrogens with zero attached hydrogens (tertiary/aromatic N) is 1. The summed E-state index contributed by atoms with van der Waals surface area (Å²) in [5.74, 6) is -3.22. The smallest absolute Gasteiger partial charge is 0.313 e. The van der Waals surface area contributed by atoms with E-state index in [0.717, 1.165) is 0 Å². The number of halogens is 2. The fourth-order valence-electron chi connectivity index (χ4n) is 3.52. The normalized spacial score (nSPS) is 13.3. The minimum atomic E-state index is -0.883. The second kappa shape index (κ2) is 8.48. The van der Waals surface area contributed by atoms with Crippen LogP contribution < -0.4 is 0 Å². The minimum absolute atomic E-state index is 0.0245. The van der Waals surface area contributed by atoms with E-state index in [2.05, 4.69) is 0 Å². The Morgan fingerprint density at radius 2 is 1.93 bits per heavy atom. The third kappa shape index (κ3) is 3.79. The highest BCUT2D eigenvalue weighted by Crippen LogP contribution is 2.37. The molecule has 0 aliphatic carbocycles. The molecule has 2 atom stereocenters. The van der Waals surface area contributed by atoms with E-state index in [-0.39, 0.29) is 17.0 Å². The van der Waals surface area contributed by atoms with Gasteiger partial charge in [0.05, 0.1) is 17.5 Å². The first-order chi connectivity index (χ1) is 14.2. The van der Waals surface area contributed by atoms with Crippen LogP contribution in [0.2, 0.25) is 5.02 Å². The molecule has 0 aliphatic heterocycles. The quantitative estimate of drug-likeness (QED) is 0.535. The highest BCUT2D eigenvalue weighted by atomic mass is 35.5. The fraction of sp³-hybridized carbons (Fsp3) is 0.304. The van der Waals surface area contributed by atoms with E-state index < -0.39 is 29.4 Å². The van der Waals surface area contributed by atoms with Crippen LogP contribution in [0.5, 0.6) is 5.75 Å². The number of aromatic nitrogens is 1. The Hall–Kier alpha value is -2.86. The van der Waals surface area contributed by atoms with Gasteiger partial charge in [-0.2, -0.15) is 0 Å². The molecule has 0 bridgehead atoms. The zero-order valence-electron chi connectivity index (χ0n) is 17.2. The SMILES string of the molecule is CC[C@H](C)OC(=O)C(C)c1c(C)n(C(=O)c2cccc(Cl)c2)c2ccc(O)c(F)c12. The summed E-state index contributed by atoms with van der Waals surface area (Å²) in [6, 6.07) is 9.07. The van der Waals surface area contributed by atoms with Crippen molar-refractivity contribution < 1.29 is 23.8 Å². The average molecular weight is 432 g/mol. The van der Waals surface area contributed by atoms with Crippen molar-refractivity contribution in [2.75, 3.05) is 0 Å². The highest BCUT2D eigenvalue weighted by molar-refractivity contribution is 6.31. The number of phenols is 1. The van der Waals surface area contributed by atoms with E-state index in [1.54, 1.807) is 39.0 Å². The summed E-state index contributed by atoms with van der Waals surface area (Å²) in [5.41, 5.74) is 1.28. The summed E-state index contributed by atoms with van der Waals surface area (Å²) in [6.45, 7) is 6.91. The van der Waals surface area contributed by atoms with Gasteiger partial charge in [0.15, 0.2) is 11.6 Å². The van der Waals surface area contributed by atoms with Gasteiger partial charge >= 0.3 is 5.97 Å². The van der Waals surface area contributed by atoms with Crippen molar-refractivity contribution in [3.63, 3.8) is 0 Å². The molecule has 0 amide bonds. The Labute approximate surface area is 179 Å². The van der Waals surface area contributed by atoms with E-state index in [1.165, 1.54) is 22.8 Å². The van der Waals surface area contributed by atoms with Crippen molar-refractivity contribution in [1.82, 2.24) is 4.57 Å². The number of ether oxygens (including phenoxy) is 1. The van der Waals surface area contributed by atoms with Crippen molar-refractivity contribution >= 4 is 34.4 Å². The van der Waals surface area contributed by atoms with Crippen LogP contribution in [0.25, 0.3) is 10.9 Å². The van der Waals surface area contributed by atoms with Gasteiger partial charge in [0, 0.05) is 21.7 Å². The predicted molar refractivity (Wildman–Crippen MR) is 114 cm³/mol. The first kappa shape index (κ1) is 21.8. The van der Waals surface area contributed by atoms with Crippen LogP contribution in [-0.4, -0.2) is 27.7 Å². The van der Waals surface area contributed by atoms with Crippen LogP contribution in [0.3, 0.4) is 0 Å². The van der Waals surface area contributed by atoms with Crippen LogP contribution in [0, 0.1) is 12.7 Å². The molecule has 3 aromatic rings. The maximum absolute atomic E-state index is 15.0. The molecule has 5 nitrogen and oxygen atoms in total. The van der Waals surface area contributed by atoms with E-state index >= 15 is 0 Å². The van der Waals surface area contributed by atoms with E-state index in [9.17, 15) is 19.1 Å². The molecule has 0 saturated carbocycles. The number of hydrogen-bond donors (Lipinski definition) is 1. The van der Waals surface area contributed by atoms with Crippen molar-refractivity contribution in [3.05, 3.63) is 64.1 Å². The number of carbonyl (C=O) groups excluding carboxylic acids is 2. The Morgan fingerprint density at radius 3 is 2.57 bits per heavy atom. The summed E-state index contributed by atoms with van der Waals surface area (Å²) < 4.78 is 21.8. The largest absolute Gasteiger partial charge is 0.505 e. The van der Waals surface area contributed by atoms with Gasteiger partial charge in [-0.25, -0.2) is 4.39 Å². The Bertz CT molecular complexity index is 1140. The number of carbonyl (C=O) groups is 2. The summed E-state index contributed by atoms with van der Waals surface area (Å²) in [7, 11) is 0. The first-order valence-electron chi connectivity index (χ1n) is 9.70. The van der Waals surface area contributed by atoms with Gasteiger partial charge in [-0.3, -0.25) is 14.2 Å². The van der Waals surface area contributed by atoms with E-state index in [4.69, 9.17) is 16.3 Å². The lowest BCUT2D eigenvalue weighted by atomic mass is 9.97. The van der Waals surface area contributed by atoms with Crippen molar-refractivity contribution in [1.29, 1.82) is 0 Å². The van der Waals surface area contributed by atoms with Crippen LogP contribution in [-0.2, 0) is 9.53 Å². The standard InChI is InChI=1S/C23H23ClFNO4/c1-5-12(2)30-23(29)13(3)19-14(4)26(17-9-10-18(27)21(25)20(17)19)22(28)15-7-6-8-16(24)11-15/h6-13,27H,5H2,1-4H3/t12-,13?/m0/s1. The van der Waals surface area contributed by atoms with E-state index in [1.807, 2.05) is 6.92 Å². The summed E-state index contributed by atoms with van der Waals surface area (Å²) >= 11 is 6.02. The molecular weight excluding hydrogens is 409 g/mol. The molecule has 7 heteroatoms. The number of rotatable bonds is 5. The molecule has 1 aromatic heterocycles. The molecule has 30 heavy (non-hydrogen) atoms. The lowest BCUT2D eigenvalue weighted by Gasteiger charge is -2.16. The molecule has 1 unspecified atom stereocenters. The van der Waals surface area contributed by atoms with Gasteiger partial charge < -0.3 is 9.84 Å². The first-order valence-corrected chi connectivity index (χ1v) is 10.1. The number of phenolic OH excluding ortho intramolecular Hbond substituents is 1. The number of fused-ring (bicyclic) bond motifs is 1. The molecule has 0 fully saturated rings. The van der Waals surface area contributed by atoms with Gasteiger partial charge in [0.1, 0.15) is 0 Å². The molecule has 0 aliphatic rings. The molecule has 0 spiro atoms. The number of hydrogen-bond acceptors (Lipinski definition) is 4. The van der Waals surface area contributed by atoms with Crippen molar-refractivity contribution in [2.24, 2.45) is 0 Å². The average Bonchev–Trinajstić information content (AvgIpc) is 3.01. The Balaban J connectivity index is 2.23. The molecule has 1 heterocycles. The summed E-state index contributed by atoms with van der Waals surface area (Å²) in [4.78, 5) is 25.9. The monoisotopic (exact) mass is 431 g/mol. The van der Waals surface area contributed by atoms with Crippen LogP contribution >= 0.6 is 11.6 Å². The molecule has 0 saturated heterocycles. The molecular formula is C23H23ClFNO4. The predicted octanol–water partition coefficient (Wildman–Crippen LogP) is 5.58. The lowest BCUT2D eigenvalue weighted by molar-refractivity contribution is -0.149. The fourth-order valence-corrected chi connectivity index (χ4v) is 3.71. The molecule has 2 aromatic carbocycles. The Kier molecular flexibility index (Phi) is 6.17. The zero-order valence-corrected chi connectivity index (χ0v) is 18.0. The molecule has 1 N–H and O–H groups in total. The van der Waals surface area contributed by atoms with Gasteiger partial charge in [-0.15, -0.1) is 0 Å².